The Balaban J connectivity index is 2.57. The number of imidazole rings is 1. The van der Waals surface area contributed by atoms with Gasteiger partial charge in [0.1, 0.15) is 5.82 Å². The summed E-state index contributed by atoms with van der Waals surface area (Å²) in [4.78, 5) is 7.82. The lowest BCUT2D eigenvalue weighted by Crippen LogP contribution is -1.85. The highest BCUT2D eigenvalue weighted by Gasteiger charge is 2.03. The number of aryl methyl sites for hydroxylation is 1. The second-order valence-corrected chi connectivity index (χ2v) is 5.14. The number of aromatic nitrogens is 2. The Morgan fingerprint density at radius 3 is 2.27 bits per heavy atom. The molecule has 0 unspecified atom stereocenters. The van der Waals surface area contributed by atoms with E-state index in [1.54, 1.807) is 0 Å². The molecular weight excluding hydrogens is 268 g/mol. The number of nitrogens with one attached hydrogen (secondary N) is 1. The molecule has 0 amide bonds. The molecule has 0 aromatic carbocycles. The Kier molecular flexibility index (Phi) is 4.01. The van der Waals surface area contributed by atoms with Crippen LogP contribution in [0.3, 0.4) is 0 Å². The van der Waals surface area contributed by atoms with Crippen LogP contribution in [0.1, 0.15) is 11.3 Å². The van der Waals surface area contributed by atoms with Gasteiger partial charge in [-0.3, -0.25) is 0 Å². The molecule has 1 heterocycles. The van der Waals surface area contributed by atoms with E-state index in [0.717, 1.165) is 33.1 Å². The predicted molar refractivity (Wildman–Crippen MR) is 91.8 cm³/mol. The largest absolute Gasteiger partial charge is 0.342 e. The van der Waals surface area contributed by atoms with E-state index >= 15 is 0 Å². The molecule has 0 radical (unpaired) electrons. The predicted octanol–water partition coefficient (Wildman–Crippen LogP) is 4.88. The minimum Gasteiger partial charge on any atom is -0.342 e. The van der Waals surface area contributed by atoms with Crippen LogP contribution in [0, 0.1) is 17.4 Å². The first-order valence-electron chi connectivity index (χ1n) is 7.29. The molecule has 3 rings (SSSR count). The van der Waals surface area contributed by atoms with E-state index in [4.69, 9.17) is 0 Å². The number of rotatable bonds is 2. The van der Waals surface area contributed by atoms with Crippen LogP contribution in [0.5, 0.6) is 0 Å². The maximum atomic E-state index is 4.49. The monoisotopic (exact) mass is 286 g/mol. The van der Waals surface area contributed by atoms with Crippen LogP contribution in [0.15, 0.2) is 73.4 Å². The molecule has 0 fully saturated rings. The molecule has 1 aromatic rings. The summed E-state index contributed by atoms with van der Waals surface area (Å²) in [5.74, 6) is 0.877. The highest BCUT2D eigenvalue weighted by atomic mass is 14.9. The van der Waals surface area contributed by atoms with Crippen molar-refractivity contribution >= 4 is 6.08 Å². The van der Waals surface area contributed by atoms with Crippen molar-refractivity contribution in [3.8, 4) is 11.4 Å². The van der Waals surface area contributed by atoms with Crippen LogP contribution in [-0.4, -0.2) is 9.97 Å². The standard InChI is InChI=1S/C20H18N2/c1-3-16-10-6-4-8-12-18-17(16)11-7-5-9-13-19(18)20-21-14-15(2)22-20/h3-14H,1H2,2H3,(H,21,22)/b6-4?,7-5?,8-4?,9-5?,10-6?,11-7?,12-8?,13-9?,16-10?,17-11?,17-16?,18-12?,18-17+,19-13?,19-18?. The second-order valence-electron chi connectivity index (χ2n) is 5.14. The fourth-order valence-corrected chi connectivity index (χ4v) is 2.52. The zero-order chi connectivity index (χ0) is 15.4. The Labute approximate surface area is 130 Å². The molecule has 22 heavy (non-hydrogen) atoms. The fraction of sp³-hybridized carbons (Fsp3) is 0.0500. The van der Waals surface area contributed by atoms with Crippen LogP contribution in [0.25, 0.3) is 17.5 Å². The second kappa shape index (κ2) is 6.27. The summed E-state index contributed by atoms with van der Waals surface area (Å²) in [6.07, 6.45) is 3.74. The quantitative estimate of drug-likeness (QED) is 0.714. The molecule has 2 nitrogen and oxygen atoms in total. The van der Waals surface area contributed by atoms with E-state index in [1.165, 1.54) is 0 Å². The molecule has 0 bridgehead atoms. The maximum Gasteiger partial charge on any atom is 0.138 e. The topological polar surface area (TPSA) is 28.7 Å². The van der Waals surface area contributed by atoms with Gasteiger partial charge in [0.2, 0.25) is 0 Å². The van der Waals surface area contributed by atoms with E-state index in [2.05, 4.69) is 46.9 Å². The van der Waals surface area contributed by atoms with Crippen molar-refractivity contribution in [3.05, 3.63) is 95.1 Å². The van der Waals surface area contributed by atoms with E-state index in [9.17, 15) is 0 Å². The van der Waals surface area contributed by atoms with Crippen LogP contribution in [-0.2, 0) is 0 Å². The molecule has 0 spiro atoms. The molecule has 0 aliphatic heterocycles. The van der Waals surface area contributed by atoms with E-state index in [-0.39, 0.29) is 0 Å². The van der Waals surface area contributed by atoms with Crippen molar-refractivity contribution in [2.75, 3.05) is 0 Å². The minimum atomic E-state index is 0.877. The summed E-state index contributed by atoms with van der Waals surface area (Å²) in [6, 6.07) is 20.6. The highest BCUT2D eigenvalue weighted by Crippen LogP contribution is 2.18. The summed E-state index contributed by atoms with van der Waals surface area (Å²) in [5, 5.41) is 2.27. The lowest BCUT2D eigenvalue weighted by molar-refractivity contribution is 1.25. The van der Waals surface area contributed by atoms with Crippen molar-refractivity contribution in [3.63, 3.8) is 0 Å². The van der Waals surface area contributed by atoms with Gasteiger partial charge in [-0.2, -0.15) is 0 Å². The third-order valence-corrected chi connectivity index (χ3v) is 3.58. The van der Waals surface area contributed by atoms with Gasteiger partial charge < -0.3 is 4.98 Å². The highest BCUT2D eigenvalue weighted by molar-refractivity contribution is 5.58. The lowest BCUT2D eigenvalue weighted by Gasteiger charge is -2.00. The van der Waals surface area contributed by atoms with Gasteiger partial charge in [-0.05, 0) is 22.9 Å². The SMILES string of the molecule is C=Cc1ccccc/c2c(-c3ncc(C)[nH]3)ccccc\c1=2. The van der Waals surface area contributed by atoms with Gasteiger partial charge in [0.25, 0.3) is 0 Å². The summed E-state index contributed by atoms with van der Waals surface area (Å²) < 4.78 is 0. The van der Waals surface area contributed by atoms with Gasteiger partial charge >= 0.3 is 0 Å². The molecule has 0 atom stereocenters. The van der Waals surface area contributed by atoms with E-state index in [1.807, 2.05) is 49.5 Å². The van der Waals surface area contributed by atoms with Gasteiger partial charge in [0, 0.05) is 17.5 Å². The van der Waals surface area contributed by atoms with Gasteiger partial charge in [-0.15, -0.1) is 0 Å². The zero-order valence-corrected chi connectivity index (χ0v) is 12.6. The smallest absolute Gasteiger partial charge is 0.138 e. The Morgan fingerprint density at radius 1 is 0.909 bits per heavy atom. The first-order chi connectivity index (χ1) is 10.8. The number of hydrogen-bond donors (Lipinski definition) is 1. The normalized spacial score (nSPS) is 11.9. The van der Waals surface area contributed by atoms with Gasteiger partial charge in [0.15, 0.2) is 0 Å². The average molecular weight is 286 g/mol. The van der Waals surface area contributed by atoms with Crippen LogP contribution < -0.4 is 0 Å². The van der Waals surface area contributed by atoms with E-state index < -0.39 is 0 Å². The summed E-state index contributed by atoms with van der Waals surface area (Å²) in [5.41, 5.74) is 3.22. The summed E-state index contributed by atoms with van der Waals surface area (Å²) in [7, 11) is 0. The van der Waals surface area contributed by atoms with Gasteiger partial charge in [-0.1, -0.05) is 73.3 Å². The third kappa shape index (κ3) is 2.77. The third-order valence-electron chi connectivity index (χ3n) is 3.58. The first kappa shape index (κ1) is 14.1. The summed E-state index contributed by atoms with van der Waals surface area (Å²) in [6.45, 7) is 5.96. The Bertz CT molecular complexity index is 920. The summed E-state index contributed by atoms with van der Waals surface area (Å²) >= 11 is 0. The Morgan fingerprint density at radius 2 is 1.59 bits per heavy atom. The van der Waals surface area contributed by atoms with E-state index in [0.29, 0.717) is 0 Å². The maximum absolute atomic E-state index is 4.49. The number of aromatic amines is 1. The van der Waals surface area contributed by atoms with Crippen molar-refractivity contribution in [1.82, 2.24) is 9.97 Å². The molecule has 1 aromatic heterocycles. The molecule has 108 valence electrons. The van der Waals surface area contributed by atoms with Crippen LogP contribution in [0.4, 0.5) is 0 Å². The Hall–Kier alpha value is -2.87. The number of hydrogen-bond acceptors (Lipinski definition) is 1. The average Bonchev–Trinajstić information content (AvgIpc) is 2.90. The molecule has 2 heteroatoms. The molecule has 1 N–H and O–H groups in total. The molecule has 0 saturated carbocycles. The molecule has 2 aliphatic rings. The molecule has 2 aliphatic carbocycles. The van der Waals surface area contributed by atoms with Crippen molar-refractivity contribution in [2.24, 2.45) is 0 Å². The minimum absolute atomic E-state index is 0.877. The first-order valence-corrected chi connectivity index (χ1v) is 7.29. The van der Waals surface area contributed by atoms with Crippen LogP contribution >= 0.6 is 0 Å². The lowest BCUT2D eigenvalue weighted by atomic mass is 10.1. The van der Waals surface area contributed by atoms with Crippen LogP contribution in [0.2, 0.25) is 0 Å². The van der Waals surface area contributed by atoms with Gasteiger partial charge in [0.05, 0.1) is 0 Å². The molecule has 0 saturated heterocycles. The van der Waals surface area contributed by atoms with Crippen molar-refractivity contribution < 1.29 is 0 Å². The zero-order valence-electron chi connectivity index (χ0n) is 12.6. The fourth-order valence-electron chi connectivity index (χ4n) is 2.52. The molecular formula is C20H18N2. The number of nitrogens with zero attached hydrogens (tertiary/aromatic N) is 1. The van der Waals surface area contributed by atoms with Crippen molar-refractivity contribution in [1.29, 1.82) is 0 Å². The van der Waals surface area contributed by atoms with Crippen molar-refractivity contribution in [2.45, 2.75) is 6.92 Å². The number of H-pyrrole nitrogens is 1. The van der Waals surface area contributed by atoms with Gasteiger partial charge in [-0.25, -0.2) is 4.98 Å².